The summed E-state index contributed by atoms with van der Waals surface area (Å²) in [5.41, 5.74) is 2.87. The standard InChI is InChI=1S/C19H19FN4O/c20-15-7-5-14(6-8-15)18-19(25)21-9-10-23(18)11-12-24-13-22-16-3-1-2-4-17(16)24/h1-8,13,18H,9-12H2,(H,21,25)/t18-/m1/s1. The summed E-state index contributed by atoms with van der Waals surface area (Å²) < 4.78 is 15.3. The third-order valence-electron chi connectivity index (χ3n) is 4.65. The number of nitrogens with zero attached hydrogens (tertiary/aromatic N) is 3. The minimum absolute atomic E-state index is 0.0339. The van der Waals surface area contributed by atoms with E-state index in [9.17, 15) is 9.18 Å². The summed E-state index contributed by atoms with van der Waals surface area (Å²) in [5, 5.41) is 2.90. The lowest BCUT2D eigenvalue weighted by Gasteiger charge is -2.35. The van der Waals surface area contributed by atoms with Crippen molar-refractivity contribution in [3.63, 3.8) is 0 Å². The first kappa shape index (κ1) is 15.8. The monoisotopic (exact) mass is 338 g/mol. The number of nitrogens with one attached hydrogen (secondary N) is 1. The predicted molar refractivity (Wildman–Crippen MR) is 93.5 cm³/mol. The molecule has 2 heterocycles. The number of benzene rings is 2. The van der Waals surface area contributed by atoms with E-state index in [1.807, 2.05) is 30.6 Å². The first-order valence-electron chi connectivity index (χ1n) is 8.39. The van der Waals surface area contributed by atoms with Crippen LogP contribution in [0.3, 0.4) is 0 Å². The molecule has 0 bridgehead atoms. The number of piperazine rings is 1. The highest BCUT2D eigenvalue weighted by Gasteiger charge is 2.30. The maximum absolute atomic E-state index is 13.2. The molecule has 128 valence electrons. The van der Waals surface area contributed by atoms with E-state index in [1.54, 1.807) is 12.1 Å². The Hall–Kier alpha value is -2.73. The highest BCUT2D eigenvalue weighted by molar-refractivity contribution is 5.83. The summed E-state index contributed by atoms with van der Waals surface area (Å²) in [5.74, 6) is -0.329. The van der Waals surface area contributed by atoms with Crippen molar-refractivity contribution in [3.8, 4) is 0 Å². The molecule has 1 N–H and O–H groups in total. The minimum Gasteiger partial charge on any atom is -0.353 e. The van der Waals surface area contributed by atoms with Crippen molar-refractivity contribution in [1.82, 2.24) is 19.8 Å². The number of imidazole rings is 1. The van der Waals surface area contributed by atoms with Crippen molar-refractivity contribution in [2.45, 2.75) is 12.6 Å². The van der Waals surface area contributed by atoms with Crippen LogP contribution in [0.25, 0.3) is 11.0 Å². The molecule has 2 aromatic carbocycles. The van der Waals surface area contributed by atoms with Gasteiger partial charge in [0.1, 0.15) is 11.9 Å². The van der Waals surface area contributed by atoms with Gasteiger partial charge < -0.3 is 9.88 Å². The number of carbonyl (C=O) groups is 1. The maximum Gasteiger partial charge on any atom is 0.242 e. The van der Waals surface area contributed by atoms with Gasteiger partial charge in [0.05, 0.1) is 17.4 Å². The fraction of sp³-hybridized carbons (Fsp3) is 0.263. The van der Waals surface area contributed by atoms with Crippen molar-refractivity contribution in [2.75, 3.05) is 19.6 Å². The molecule has 1 atom stereocenters. The van der Waals surface area contributed by atoms with E-state index < -0.39 is 0 Å². The van der Waals surface area contributed by atoms with E-state index in [2.05, 4.69) is 19.8 Å². The number of fused-ring (bicyclic) bond motifs is 1. The van der Waals surface area contributed by atoms with Crippen molar-refractivity contribution in [1.29, 1.82) is 0 Å². The Morgan fingerprint density at radius 1 is 1.12 bits per heavy atom. The molecule has 1 aliphatic rings. The molecule has 6 heteroatoms. The van der Waals surface area contributed by atoms with Gasteiger partial charge in [-0.3, -0.25) is 9.69 Å². The smallest absolute Gasteiger partial charge is 0.242 e. The second-order valence-electron chi connectivity index (χ2n) is 6.21. The molecule has 0 aliphatic carbocycles. The molecule has 0 unspecified atom stereocenters. The van der Waals surface area contributed by atoms with Crippen LogP contribution in [0.4, 0.5) is 4.39 Å². The molecule has 1 aliphatic heterocycles. The SMILES string of the molecule is O=C1NCCN(CCn2cnc3ccccc32)[C@@H]1c1ccc(F)cc1. The molecule has 0 spiro atoms. The van der Waals surface area contributed by atoms with E-state index >= 15 is 0 Å². The molecule has 3 aromatic rings. The van der Waals surface area contributed by atoms with Crippen LogP contribution in [0, 0.1) is 5.82 Å². The largest absolute Gasteiger partial charge is 0.353 e. The zero-order valence-corrected chi connectivity index (χ0v) is 13.7. The number of aromatic nitrogens is 2. The third kappa shape index (κ3) is 3.13. The predicted octanol–water partition coefficient (Wildman–Crippen LogP) is 2.35. The molecule has 0 radical (unpaired) electrons. The first-order chi connectivity index (χ1) is 12.2. The summed E-state index contributed by atoms with van der Waals surface area (Å²) in [4.78, 5) is 18.9. The van der Waals surface area contributed by atoms with Gasteiger partial charge >= 0.3 is 0 Å². The van der Waals surface area contributed by atoms with Crippen molar-refractivity contribution in [3.05, 3.63) is 66.2 Å². The van der Waals surface area contributed by atoms with Crippen LogP contribution in [0.15, 0.2) is 54.9 Å². The highest BCUT2D eigenvalue weighted by atomic mass is 19.1. The summed E-state index contributed by atoms with van der Waals surface area (Å²) >= 11 is 0. The third-order valence-corrected chi connectivity index (χ3v) is 4.65. The first-order valence-corrected chi connectivity index (χ1v) is 8.39. The van der Waals surface area contributed by atoms with Gasteiger partial charge in [-0.25, -0.2) is 9.37 Å². The normalized spacial score (nSPS) is 18.4. The molecule has 5 nitrogen and oxygen atoms in total. The summed E-state index contributed by atoms with van der Waals surface area (Å²) in [6, 6.07) is 13.8. The van der Waals surface area contributed by atoms with Crippen molar-refractivity contribution < 1.29 is 9.18 Å². The van der Waals surface area contributed by atoms with E-state index in [0.717, 1.165) is 36.2 Å². The van der Waals surface area contributed by atoms with Gasteiger partial charge in [0, 0.05) is 26.2 Å². The van der Waals surface area contributed by atoms with Gasteiger partial charge in [0.25, 0.3) is 0 Å². The number of amides is 1. The topological polar surface area (TPSA) is 50.2 Å². The Kier molecular flexibility index (Phi) is 4.19. The summed E-state index contributed by atoms with van der Waals surface area (Å²) in [7, 11) is 0. The molecule has 4 rings (SSSR count). The lowest BCUT2D eigenvalue weighted by molar-refractivity contribution is -0.129. The van der Waals surface area contributed by atoms with E-state index in [0.29, 0.717) is 6.54 Å². The number of halogens is 1. The number of para-hydroxylation sites is 2. The zero-order chi connectivity index (χ0) is 17.2. The second kappa shape index (κ2) is 6.64. The molecule has 1 aromatic heterocycles. The van der Waals surface area contributed by atoms with Crippen LogP contribution in [0.5, 0.6) is 0 Å². The van der Waals surface area contributed by atoms with Crippen molar-refractivity contribution >= 4 is 16.9 Å². The molecular weight excluding hydrogens is 319 g/mol. The lowest BCUT2D eigenvalue weighted by atomic mass is 10.0. The van der Waals surface area contributed by atoms with Gasteiger partial charge in [-0.05, 0) is 29.8 Å². The van der Waals surface area contributed by atoms with Crippen LogP contribution < -0.4 is 5.32 Å². The Balaban J connectivity index is 1.55. The number of carbonyl (C=O) groups excluding carboxylic acids is 1. The molecule has 0 saturated carbocycles. The molecular formula is C19H19FN4O. The molecule has 1 amide bonds. The lowest BCUT2D eigenvalue weighted by Crippen LogP contribution is -2.50. The van der Waals surface area contributed by atoms with Gasteiger partial charge in [-0.1, -0.05) is 24.3 Å². The molecule has 25 heavy (non-hydrogen) atoms. The van der Waals surface area contributed by atoms with Gasteiger partial charge in [-0.15, -0.1) is 0 Å². The molecule has 1 saturated heterocycles. The average Bonchev–Trinajstić information content (AvgIpc) is 3.04. The van der Waals surface area contributed by atoms with Crippen molar-refractivity contribution in [2.24, 2.45) is 0 Å². The van der Waals surface area contributed by atoms with Crippen LogP contribution >= 0.6 is 0 Å². The minimum atomic E-state index is -0.385. The average molecular weight is 338 g/mol. The van der Waals surface area contributed by atoms with Gasteiger partial charge in [0.2, 0.25) is 5.91 Å². The Morgan fingerprint density at radius 3 is 2.76 bits per heavy atom. The highest BCUT2D eigenvalue weighted by Crippen LogP contribution is 2.24. The fourth-order valence-corrected chi connectivity index (χ4v) is 3.39. The van der Waals surface area contributed by atoms with Crippen LogP contribution in [-0.2, 0) is 11.3 Å². The van der Waals surface area contributed by atoms with Gasteiger partial charge in [-0.2, -0.15) is 0 Å². The molecule has 1 fully saturated rings. The fourth-order valence-electron chi connectivity index (χ4n) is 3.39. The quantitative estimate of drug-likeness (QED) is 0.794. The van der Waals surface area contributed by atoms with E-state index in [-0.39, 0.29) is 17.8 Å². The maximum atomic E-state index is 13.2. The van der Waals surface area contributed by atoms with Crippen LogP contribution in [0.1, 0.15) is 11.6 Å². The zero-order valence-electron chi connectivity index (χ0n) is 13.7. The Labute approximate surface area is 145 Å². The van der Waals surface area contributed by atoms with Crippen LogP contribution in [0.2, 0.25) is 0 Å². The Bertz CT molecular complexity index is 890. The van der Waals surface area contributed by atoms with E-state index in [4.69, 9.17) is 0 Å². The Morgan fingerprint density at radius 2 is 1.92 bits per heavy atom. The van der Waals surface area contributed by atoms with Crippen LogP contribution in [-0.4, -0.2) is 40.0 Å². The summed E-state index contributed by atoms with van der Waals surface area (Å²) in [6.45, 7) is 2.85. The number of rotatable bonds is 4. The summed E-state index contributed by atoms with van der Waals surface area (Å²) in [6.07, 6.45) is 1.83. The number of hydrogen-bond acceptors (Lipinski definition) is 3. The van der Waals surface area contributed by atoms with E-state index in [1.165, 1.54) is 12.1 Å². The number of hydrogen-bond donors (Lipinski definition) is 1. The van der Waals surface area contributed by atoms with Gasteiger partial charge in [0.15, 0.2) is 0 Å². The second-order valence-corrected chi connectivity index (χ2v) is 6.21.